The minimum atomic E-state index is -3.55. The van der Waals surface area contributed by atoms with Crippen LogP contribution in [0, 0.1) is 0 Å². The molecule has 0 bridgehead atoms. The summed E-state index contributed by atoms with van der Waals surface area (Å²) in [6, 6.07) is 0. The number of methoxy groups -OCH3 is 1. The second kappa shape index (κ2) is 23.8. The molecule has 0 aromatic heterocycles. The van der Waals surface area contributed by atoms with Crippen molar-refractivity contribution in [3.8, 4) is 0 Å². The molecule has 0 aromatic carbocycles. The maximum atomic E-state index is 11.8. The van der Waals surface area contributed by atoms with Crippen LogP contribution >= 0.6 is 0 Å². The number of unbranched alkanes of at least 4 members (excludes halogenated alkanes) is 15. The largest absolute Gasteiger partial charge is 0.447 e. The highest BCUT2D eigenvalue weighted by atomic mass is 32.2. The average Bonchev–Trinajstić information content (AvgIpc) is 2.81. The van der Waals surface area contributed by atoms with Gasteiger partial charge in [0.2, 0.25) is 10.0 Å². The molecule has 204 valence electrons. The van der Waals surface area contributed by atoms with E-state index in [4.69, 9.17) is 14.6 Å². The minimum absolute atomic E-state index is 0.0226. The van der Waals surface area contributed by atoms with Gasteiger partial charge in [-0.25, -0.2) is 17.9 Å². The van der Waals surface area contributed by atoms with E-state index in [-0.39, 0.29) is 18.9 Å². The second-order valence-electron chi connectivity index (χ2n) is 9.08. The van der Waals surface area contributed by atoms with Gasteiger partial charge >= 0.3 is 6.09 Å². The van der Waals surface area contributed by atoms with Crippen molar-refractivity contribution in [2.24, 2.45) is 0 Å². The van der Waals surface area contributed by atoms with Gasteiger partial charge < -0.3 is 19.9 Å². The van der Waals surface area contributed by atoms with Crippen LogP contribution in [0.3, 0.4) is 0 Å². The van der Waals surface area contributed by atoms with E-state index in [0.29, 0.717) is 6.54 Å². The maximum Gasteiger partial charge on any atom is 0.407 e. The number of ether oxygens (including phenoxy) is 2. The van der Waals surface area contributed by atoms with Gasteiger partial charge in [0.15, 0.2) is 0 Å². The summed E-state index contributed by atoms with van der Waals surface area (Å²) in [6.45, 7) is 2.30. The topological polar surface area (TPSA) is 114 Å². The number of nitrogens with one attached hydrogen (secondary N) is 2. The van der Waals surface area contributed by atoms with Crippen LogP contribution in [-0.4, -0.2) is 64.9 Å². The zero-order valence-electron chi connectivity index (χ0n) is 21.8. The third kappa shape index (κ3) is 22.9. The van der Waals surface area contributed by atoms with Crippen LogP contribution in [0.5, 0.6) is 0 Å². The van der Waals surface area contributed by atoms with E-state index < -0.39 is 28.8 Å². The number of hydrogen-bond donors (Lipinski definition) is 3. The first-order valence-corrected chi connectivity index (χ1v) is 15.1. The Kier molecular flexibility index (Phi) is 23.2. The zero-order chi connectivity index (χ0) is 25.3. The van der Waals surface area contributed by atoms with Gasteiger partial charge in [0.05, 0.1) is 12.4 Å². The predicted molar refractivity (Wildman–Crippen MR) is 139 cm³/mol. The van der Waals surface area contributed by atoms with Gasteiger partial charge in [0.25, 0.3) is 0 Å². The number of carbonyl (C=O) groups excluding carboxylic acids is 1. The van der Waals surface area contributed by atoms with Gasteiger partial charge in [0.1, 0.15) is 12.7 Å². The summed E-state index contributed by atoms with van der Waals surface area (Å²) in [5.41, 5.74) is 0. The molecule has 0 aliphatic heterocycles. The lowest BCUT2D eigenvalue weighted by Crippen LogP contribution is -2.39. The molecule has 0 saturated heterocycles. The summed E-state index contributed by atoms with van der Waals surface area (Å²) in [4.78, 5) is 11.8. The average molecular weight is 509 g/mol. The number of hydrogen-bond acceptors (Lipinski definition) is 6. The van der Waals surface area contributed by atoms with Crippen LogP contribution in [0.25, 0.3) is 0 Å². The fourth-order valence-corrected chi connectivity index (χ4v) is 4.53. The number of sulfonamides is 1. The van der Waals surface area contributed by atoms with Gasteiger partial charge in [-0.1, -0.05) is 103 Å². The van der Waals surface area contributed by atoms with Crippen molar-refractivity contribution in [1.29, 1.82) is 0 Å². The first kappa shape index (κ1) is 33.1. The molecule has 3 N–H and O–H groups in total. The summed E-state index contributed by atoms with van der Waals surface area (Å²) in [6.07, 6.45) is 19.8. The molecule has 9 heteroatoms. The molecule has 0 fully saturated rings. The Morgan fingerprint density at radius 3 is 1.74 bits per heavy atom. The Hall–Kier alpha value is -0.900. The molecule has 0 rings (SSSR count). The molecule has 8 nitrogen and oxygen atoms in total. The first-order valence-electron chi connectivity index (χ1n) is 13.5. The molecule has 0 aliphatic carbocycles. The van der Waals surface area contributed by atoms with E-state index in [9.17, 15) is 13.2 Å². The number of carbonyl (C=O) groups is 1. The van der Waals surface area contributed by atoms with E-state index in [2.05, 4.69) is 17.0 Å². The number of aliphatic hydroxyl groups is 1. The van der Waals surface area contributed by atoms with Gasteiger partial charge in [-0.15, -0.1) is 0 Å². The van der Waals surface area contributed by atoms with Crippen LogP contribution < -0.4 is 10.0 Å². The fraction of sp³-hybridized carbons (Fsp3) is 0.960. The molecular weight excluding hydrogens is 456 g/mol. The lowest BCUT2D eigenvalue weighted by Gasteiger charge is -2.16. The highest BCUT2D eigenvalue weighted by Gasteiger charge is 2.15. The smallest absolute Gasteiger partial charge is 0.407 e. The standard InChI is InChI=1S/C25H52N2O6S/c1-3-4-5-6-7-8-9-10-11-12-13-14-15-16-17-18-19-26-25(29)33-23-24(32-2)22-27-34(30,31)21-20-28/h24,27-28H,3-23H2,1-2H3,(H,26,29). The highest BCUT2D eigenvalue weighted by Crippen LogP contribution is 2.13. The van der Waals surface area contributed by atoms with Crippen molar-refractivity contribution in [2.75, 3.05) is 39.2 Å². The van der Waals surface area contributed by atoms with Crippen LogP contribution in [0.4, 0.5) is 4.79 Å². The number of rotatable bonds is 25. The monoisotopic (exact) mass is 508 g/mol. The highest BCUT2D eigenvalue weighted by molar-refractivity contribution is 7.89. The lowest BCUT2D eigenvalue weighted by atomic mass is 10.0. The summed E-state index contributed by atoms with van der Waals surface area (Å²) in [7, 11) is -2.13. The van der Waals surface area contributed by atoms with Gasteiger partial charge in [-0.2, -0.15) is 0 Å². The molecule has 0 heterocycles. The summed E-state index contributed by atoms with van der Waals surface area (Å²) in [5, 5.41) is 11.4. The molecule has 1 unspecified atom stereocenters. The van der Waals surface area contributed by atoms with Crippen molar-refractivity contribution >= 4 is 16.1 Å². The minimum Gasteiger partial charge on any atom is -0.447 e. The quantitative estimate of drug-likeness (QED) is 0.151. The molecule has 1 amide bonds. The van der Waals surface area contributed by atoms with Gasteiger partial charge in [-0.05, 0) is 6.42 Å². The van der Waals surface area contributed by atoms with Crippen molar-refractivity contribution < 1.29 is 27.8 Å². The molecule has 0 aromatic rings. The molecule has 1 atom stereocenters. The Labute approximate surface area is 209 Å². The van der Waals surface area contributed by atoms with Crippen molar-refractivity contribution in [2.45, 2.75) is 116 Å². The van der Waals surface area contributed by atoms with E-state index in [0.717, 1.165) is 12.8 Å². The lowest BCUT2D eigenvalue weighted by molar-refractivity contribution is 0.0384. The molecule has 0 saturated carbocycles. The number of alkyl carbamates (subject to hydrolysis) is 1. The number of amides is 1. The zero-order valence-corrected chi connectivity index (χ0v) is 22.6. The van der Waals surface area contributed by atoms with Crippen LogP contribution in [-0.2, 0) is 19.5 Å². The third-order valence-corrected chi connectivity index (χ3v) is 7.25. The van der Waals surface area contributed by atoms with E-state index >= 15 is 0 Å². The van der Waals surface area contributed by atoms with Crippen LogP contribution in [0.2, 0.25) is 0 Å². The summed E-state index contributed by atoms with van der Waals surface area (Å²) >= 11 is 0. The first-order chi connectivity index (χ1) is 16.4. The van der Waals surface area contributed by atoms with Crippen molar-refractivity contribution in [3.05, 3.63) is 0 Å². The molecule has 0 radical (unpaired) electrons. The van der Waals surface area contributed by atoms with Crippen molar-refractivity contribution in [1.82, 2.24) is 10.0 Å². The molecule has 0 spiro atoms. The number of aliphatic hydroxyl groups excluding tert-OH is 1. The Morgan fingerprint density at radius 1 is 0.824 bits per heavy atom. The van der Waals surface area contributed by atoms with E-state index in [1.54, 1.807) is 0 Å². The predicted octanol–water partition coefficient (Wildman–Crippen LogP) is 4.90. The van der Waals surface area contributed by atoms with Gasteiger partial charge in [-0.3, -0.25) is 0 Å². The summed E-state index contributed by atoms with van der Waals surface area (Å²) < 4.78 is 35.6. The van der Waals surface area contributed by atoms with Gasteiger partial charge in [0, 0.05) is 20.2 Å². The van der Waals surface area contributed by atoms with E-state index in [1.165, 1.54) is 97.0 Å². The Morgan fingerprint density at radius 2 is 1.29 bits per heavy atom. The maximum absolute atomic E-state index is 11.8. The molecular formula is C25H52N2O6S. The normalized spacial score (nSPS) is 12.6. The van der Waals surface area contributed by atoms with Crippen LogP contribution in [0.15, 0.2) is 0 Å². The molecule has 0 aliphatic rings. The van der Waals surface area contributed by atoms with Crippen LogP contribution in [0.1, 0.15) is 110 Å². The molecule has 34 heavy (non-hydrogen) atoms. The van der Waals surface area contributed by atoms with E-state index in [1.807, 2.05) is 0 Å². The summed E-state index contributed by atoms with van der Waals surface area (Å²) in [5.74, 6) is -0.371. The van der Waals surface area contributed by atoms with Crippen molar-refractivity contribution in [3.63, 3.8) is 0 Å². The second-order valence-corrected chi connectivity index (χ2v) is 11.0. The SMILES string of the molecule is CCCCCCCCCCCCCCCCCCNC(=O)OCC(CNS(=O)(=O)CCO)OC. The fourth-order valence-electron chi connectivity index (χ4n) is 3.71. The Balaban J connectivity index is 3.45. The third-order valence-electron chi connectivity index (χ3n) is 5.92. The Bertz CT molecular complexity index is 560.